The Kier molecular flexibility index (Phi) is 4.38. The van der Waals surface area contributed by atoms with E-state index in [0.717, 1.165) is 6.07 Å². The van der Waals surface area contributed by atoms with E-state index in [-0.39, 0.29) is 17.1 Å². The van der Waals surface area contributed by atoms with Gasteiger partial charge in [-0.1, -0.05) is 12.1 Å². The number of hydrogen-bond donors (Lipinski definition) is 2. The van der Waals surface area contributed by atoms with Crippen molar-refractivity contribution in [3.8, 4) is 0 Å². The van der Waals surface area contributed by atoms with Crippen LogP contribution in [0.5, 0.6) is 0 Å². The molecule has 0 aliphatic carbocycles. The fourth-order valence-electron chi connectivity index (χ4n) is 1.49. The predicted octanol–water partition coefficient (Wildman–Crippen LogP) is 0.562. The molecular formula is C10H14N2O5S. The molecule has 100 valence electrons. The molecule has 0 spiro atoms. The molecule has 8 heteroatoms. The van der Waals surface area contributed by atoms with Gasteiger partial charge in [-0.25, -0.2) is 13.1 Å². The molecular weight excluding hydrogens is 260 g/mol. The molecule has 0 radical (unpaired) electrons. The van der Waals surface area contributed by atoms with E-state index in [1.54, 1.807) is 0 Å². The number of nitro benzene ring substituents is 1. The Balaban J connectivity index is 3.36. The second-order valence-corrected chi connectivity index (χ2v) is 5.54. The van der Waals surface area contributed by atoms with E-state index in [1.165, 1.54) is 26.0 Å². The fraction of sp³-hybridized carbons (Fsp3) is 0.400. The smallest absolute Gasteiger partial charge is 0.289 e. The molecule has 0 saturated heterocycles. The standard InChI is InChI=1S/C10H14N2O5S/c1-7-4-3-5-9(12(14)15)10(7)18(16,17)11-8(2)6-13/h3-5,8,11,13H,6H2,1-2H3/t8-/m0/s1. The first-order valence-corrected chi connectivity index (χ1v) is 6.65. The summed E-state index contributed by atoms with van der Waals surface area (Å²) in [5.41, 5.74) is -0.200. The first-order chi connectivity index (χ1) is 8.29. The Morgan fingerprint density at radius 1 is 1.50 bits per heavy atom. The molecule has 2 N–H and O–H groups in total. The molecule has 0 amide bonds. The van der Waals surface area contributed by atoms with E-state index >= 15 is 0 Å². The van der Waals surface area contributed by atoms with Crippen LogP contribution in [0.1, 0.15) is 12.5 Å². The van der Waals surface area contributed by atoms with Crippen LogP contribution in [0.3, 0.4) is 0 Å². The van der Waals surface area contributed by atoms with Gasteiger partial charge in [0.15, 0.2) is 4.90 Å². The number of rotatable bonds is 5. The molecule has 0 aromatic heterocycles. The Morgan fingerprint density at radius 2 is 2.11 bits per heavy atom. The molecule has 1 atom stereocenters. The van der Waals surface area contributed by atoms with E-state index in [2.05, 4.69) is 4.72 Å². The number of nitrogens with one attached hydrogen (secondary N) is 1. The third-order valence-corrected chi connectivity index (χ3v) is 4.07. The summed E-state index contributed by atoms with van der Waals surface area (Å²) in [6.07, 6.45) is 0. The summed E-state index contributed by atoms with van der Waals surface area (Å²) in [5, 5.41) is 19.7. The molecule has 1 rings (SSSR count). The van der Waals surface area contributed by atoms with Crippen molar-refractivity contribution in [2.75, 3.05) is 6.61 Å². The van der Waals surface area contributed by atoms with Crippen LogP contribution in [0.15, 0.2) is 23.1 Å². The molecule has 0 bridgehead atoms. The van der Waals surface area contributed by atoms with Crippen LogP contribution in [0.25, 0.3) is 0 Å². The topological polar surface area (TPSA) is 110 Å². The van der Waals surface area contributed by atoms with Crippen molar-refractivity contribution in [1.82, 2.24) is 4.72 Å². The second-order valence-electron chi connectivity index (χ2n) is 3.89. The summed E-state index contributed by atoms with van der Waals surface area (Å²) in [6.45, 7) is 2.55. The van der Waals surface area contributed by atoms with Crippen LogP contribution in [-0.4, -0.2) is 31.1 Å². The summed E-state index contributed by atoms with van der Waals surface area (Å²) in [7, 11) is -4.03. The normalized spacial score (nSPS) is 13.3. The number of aliphatic hydroxyl groups excluding tert-OH is 1. The molecule has 0 aliphatic heterocycles. The summed E-state index contributed by atoms with van der Waals surface area (Å²) >= 11 is 0. The Labute approximate surface area is 105 Å². The van der Waals surface area contributed by atoms with Crippen molar-refractivity contribution < 1.29 is 18.4 Å². The lowest BCUT2D eigenvalue weighted by molar-refractivity contribution is -0.387. The SMILES string of the molecule is Cc1cccc([N+](=O)[O-])c1S(=O)(=O)N[C@@H](C)CO. The maximum Gasteiger partial charge on any atom is 0.289 e. The van der Waals surface area contributed by atoms with E-state index in [9.17, 15) is 18.5 Å². The third kappa shape index (κ3) is 3.03. The summed E-state index contributed by atoms with van der Waals surface area (Å²) in [6, 6.07) is 3.31. The third-order valence-electron chi connectivity index (χ3n) is 2.29. The van der Waals surface area contributed by atoms with Gasteiger partial charge in [-0.2, -0.15) is 0 Å². The van der Waals surface area contributed by atoms with Gasteiger partial charge in [0.25, 0.3) is 5.69 Å². The lowest BCUT2D eigenvalue weighted by Crippen LogP contribution is -2.35. The highest BCUT2D eigenvalue weighted by molar-refractivity contribution is 7.89. The van der Waals surface area contributed by atoms with Crippen molar-refractivity contribution in [2.45, 2.75) is 24.8 Å². The van der Waals surface area contributed by atoms with Gasteiger partial charge in [0.2, 0.25) is 10.0 Å². The van der Waals surface area contributed by atoms with Crippen molar-refractivity contribution in [1.29, 1.82) is 0 Å². The molecule has 1 aromatic carbocycles. The largest absolute Gasteiger partial charge is 0.395 e. The number of aliphatic hydroxyl groups is 1. The molecule has 1 aromatic rings. The minimum absolute atomic E-state index is 0.279. The van der Waals surface area contributed by atoms with E-state index in [0.29, 0.717) is 0 Å². The number of sulfonamides is 1. The lowest BCUT2D eigenvalue weighted by Gasteiger charge is -2.13. The zero-order valence-electron chi connectivity index (χ0n) is 9.95. The average Bonchev–Trinajstić information content (AvgIpc) is 2.27. The van der Waals surface area contributed by atoms with Gasteiger partial charge in [-0.3, -0.25) is 10.1 Å². The van der Waals surface area contributed by atoms with Crippen LogP contribution >= 0.6 is 0 Å². The number of aryl methyl sites for hydroxylation is 1. The van der Waals surface area contributed by atoms with Gasteiger partial charge in [0.1, 0.15) is 0 Å². The zero-order chi connectivity index (χ0) is 13.9. The summed E-state index contributed by atoms with van der Waals surface area (Å²) in [5.74, 6) is 0. The van der Waals surface area contributed by atoms with Crippen LogP contribution in [0.4, 0.5) is 5.69 Å². The first kappa shape index (κ1) is 14.6. The van der Waals surface area contributed by atoms with Crippen molar-refractivity contribution >= 4 is 15.7 Å². The van der Waals surface area contributed by atoms with E-state index < -0.39 is 26.7 Å². The van der Waals surface area contributed by atoms with Gasteiger partial charge >= 0.3 is 0 Å². The molecule has 0 unspecified atom stereocenters. The minimum atomic E-state index is -4.03. The number of hydrogen-bond acceptors (Lipinski definition) is 5. The highest BCUT2D eigenvalue weighted by Crippen LogP contribution is 2.26. The van der Waals surface area contributed by atoms with Crippen molar-refractivity contribution in [3.05, 3.63) is 33.9 Å². The summed E-state index contributed by atoms with van der Waals surface area (Å²) in [4.78, 5) is 9.73. The Bertz CT molecular complexity index is 555. The number of nitro groups is 1. The maximum atomic E-state index is 12.0. The monoisotopic (exact) mass is 274 g/mol. The van der Waals surface area contributed by atoms with Gasteiger partial charge in [0, 0.05) is 12.1 Å². The molecule has 0 aliphatic rings. The highest BCUT2D eigenvalue weighted by atomic mass is 32.2. The zero-order valence-corrected chi connectivity index (χ0v) is 10.8. The molecule has 0 heterocycles. The number of nitrogens with zero attached hydrogens (tertiary/aromatic N) is 1. The molecule has 18 heavy (non-hydrogen) atoms. The van der Waals surface area contributed by atoms with Crippen LogP contribution in [0, 0.1) is 17.0 Å². The predicted molar refractivity (Wildman–Crippen MR) is 64.7 cm³/mol. The van der Waals surface area contributed by atoms with Gasteiger partial charge in [-0.05, 0) is 19.4 Å². The second kappa shape index (κ2) is 5.42. The fourth-order valence-corrected chi connectivity index (χ4v) is 3.12. The molecule has 0 saturated carbocycles. The number of benzene rings is 1. The quantitative estimate of drug-likeness (QED) is 0.602. The maximum absolute atomic E-state index is 12.0. The summed E-state index contributed by atoms with van der Waals surface area (Å²) < 4.78 is 26.2. The van der Waals surface area contributed by atoms with Gasteiger partial charge in [0.05, 0.1) is 11.5 Å². The first-order valence-electron chi connectivity index (χ1n) is 5.16. The van der Waals surface area contributed by atoms with Crippen molar-refractivity contribution in [3.63, 3.8) is 0 Å². The Morgan fingerprint density at radius 3 is 2.61 bits per heavy atom. The highest BCUT2D eigenvalue weighted by Gasteiger charge is 2.28. The van der Waals surface area contributed by atoms with Crippen LogP contribution in [-0.2, 0) is 10.0 Å². The molecule has 7 nitrogen and oxygen atoms in total. The van der Waals surface area contributed by atoms with E-state index in [1.807, 2.05) is 0 Å². The average molecular weight is 274 g/mol. The van der Waals surface area contributed by atoms with E-state index in [4.69, 9.17) is 5.11 Å². The van der Waals surface area contributed by atoms with Gasteiger partial charge < -0.3 is 5.11 Å². The Hall–Kier alpha value is -1.51. The lowest BCUT2D eigenvalue weighted by atomic mass is 10.2. The van der Waals surface area contributed by atoms with Crippen LogP contribution < -0.4 is 4.72 Å². The molecule has 0 fully saturated rings. The minimum Gasteiger partial charge on any atom is -0.395 e. The van der Waals surface area contributed by atoms with Crippen molar-refractivity contribution in [2.24, 2.45) is 0 Å². The van der Waals surface area contributed by atoms with Crippen LogP contribution in [0.2, 0.25) is 0 Å². The van der Waals surface area contributed by atoms with Gasteiger partial charge in [-0.15, -0.1) is 0 Å².